The number of hydrogen-bond acceptors (Lipinski definition) is 1. The van der Waals surface area contributed by atoms with Crippen LogP contribution in [0.1, 0.15) is 28.4 Å². The fourth-order valence-corrected chi connectivity index (χ4v) is 2.21. The Hall–Kier alpha value is -1.12. The molecule has 2 rings (SSSR count). The number of aryl methyl sites for hydroxylation is 2. The molecule has 17 heavy (non-hydrogen) atoms. The molecule has 0 aromatic heterocycles. The van der Waals surface area contributed by atoms with E-state index in [1.807, 2.05) is 56.3 Å². The molecule has 1 nitrogen and oxygen atoms in total. The lowest BCUT2D eigenvalue weighted by Crippen LogP contribution is -2.00. The Kier molecular flexibility index (Phi) is 3.65. The Bertz CT molecular complexity index is 534. The van der Waals surface area contributed by atoms with Crippen molar-refractivity contribution in [3.05, 3.63) is 69.2 Å². The zero-order chi connectivity index (χ0) is 12.4. The van der Waals surface area contributed by atoms with Gasteiger partial charge in [-0.25, -0.2) is 0 Å². The quantitative estimate of drug-likeness (QED) is 0.881. The van der Waals surface area contributed by atoms with Crippen molar-refractivity contribution in [2.24, 2.45) is 0 Å². The molecule has 0 fully saturated rings. The number of aliphatic hydroxyl groups is 1. The van der Waals surface area contributed by atoms with Crippen LogP contribution in [-0.2, 0) is 0 Å². The molecule has 1 N–H and O–H groups in total. The van der Waals surface area contributed by atoms with Gasteiger partial charge in [-0.3, -0.25) is 0 Å². The molecule has 2 aromatic rings. The summed E-state index contributed by atoms with van der Waals surface area (Å²) < 4.78 is 1.03. The van der Waals surface area contributed by atoms with E-state index in [9.17, 15) is 5.11 Å². The van der Waals surface area contributed by atoms with Gasteiger partial charge in [0.1, 0.15) is 6.10 Å². The van der Waals surface area contributed by atoms with E-state index in [0.29, 0.717) is 0 Å². The van der Waals surface area contributed by atoms with Crippen molar-refractivity contribution in [3.8, 4) is 0 Å². The van der Waals surface area contributed by atoms with E-state index in [4.69, 9.17) is 0 Å². The van der Waals surface area contributed by atoms with Crippen LogP contribution in [0.15, 0.2) is 46.9 Å². The van der Waals surface area contributed by atoms with Gasteiger partial charge in [0, 0.05) is 4.47 Å². The van der Waals surface area contributed by atoms with Crippen LogP contribution in [0.5, 0.6) is 0 Å². The van der Waals surface area contributed by atoms with Crippen LogP contribution in [0.25, 0.3) is 0 Å². The van der Waals surface area contributed by atoms with Gasteiger partial charge in [0.25, 0.3) is 0 Å². The minimum atomic E-state index is -0.563. The van der Waals surface area contributed by atoms with E-state index in [-0.39, 0.29) is 0 Å². The van der Waals surface area contributed by atoms with Gasteiger partial charge in [-0.05, 0) is 36.6 Å². The highest BCUT2D eigenvalue weighted by Crippen LogP contribution is 2.26. The molecule has 0 saturated carbocycles. The highest BCUT2D eigenvalue weighted by atomic mass is 79.9. The number of hydrogen-bond donors (Lipinski definition) is 1. The fraction of sp³-hybridized carbons (Fsp3) is 0.200. The van der Waals surface area contributed by atoms with Crippen molar-refractivity contribution >= 4 is 15.9 Å². The van der Waals surface area contributed by atoms with Crippen molar-refractivity contribution in [1.82, 2.24) is 0 Å². The second kappa shape index (κ2) is 5.03. The van der Waals surface area contributed by atoms with E-state index in [1.54, 1.807) is 0 Å². The maximum Gasteiger partial charge on any atom is 0.104 e. The van der Waals surface area contributed by atoms with Crippen LogP contribution >= 0.6 is 15.9 Å². The summed E-state index contributed by atoms with van der Waals surface area (Å²) in [7, 11) is 0. The fourth-order valence-electron chi connectivity index (χ4n) is 1.81. The average Bonchev–Trinajstić information content (AvgIpc) is 2.32. The molecular weight excluding hydrogens is 276 g/mol. The van der Waals surface area contributed by atoms with Gasteiger partial charge >= 0.3 is 0 Å². The minimum Gasteiger partial charge on any atom is -0.384 e. The van der Waals surface area contributed by atoms with E-state index in [1.165, 1.54) is 5.56 Å². The molecule has 0 heterocycles. The van der Waals surface area contributed by atoms with Crippen LogP contribution in [0, 0.1) is 13.8 Å². The zero-order valence-electron chi connectivity index (χ0n) is 9.94. The maximum absolute atomic E-state index is 10.3. The molecule has 2 aromatic carbocycles. The van der Waals surface area contributed by atoms with Crippen LogP contribution < -0.4 is 0 Å². The Morgan fingerprint density at radius 1 is 1.00 bits per heavy atom. The van der Waals surface area contributed by atoms with Gasteiger partial charge in [0.2, 0.25) is 0 Å². The Morgan fingerprint density at radius 2 is 1.71 bits per heavy atom. The highest BCUT2D eigenvalue weighted by molar-refractivity contribution is 9.10. The molecule has 1 unspecified atom stereocenters. The molecule has 2 heteroatoms. The smallest absolute Gasteiger partial charge is 0.104 e. The van der Waals surface area contributed by atoms with Gasteiger partial charge in [-0.2, -0.15) is 0 Å². The summed E-state index contributed by atoms with van der Waals surface area (Å²) in [4.78, 5) is 0. The third-order valence-corrected chi connectivity index (χ3v) is 3.72. The first-order chi connectivity index (χ1) is 8.08. The Labute approximate surface area is 110 Å². The van der Waals surface area contributed by atoms with Crippen molar-refractivity contribution in [1.29, 1.82) is 0 Å². The van der Waals surface area contributed by atoms with Crippen molar-refractivity contribution < 1.29 is 5.11 Å². The van der Waals surface area contributed by atoms with E-state index in [0.717, 1.165) is 21.2 Å². The molecule has 0 radical (unpaired) electrons. The summed E-state index contributed by atoms with van der Waals surface area (Å²) in [6.45, 7) is 4.06. The molecule has 0 aliphatic carbocycles. The number of rotatable bonds is 2. The first-order valence-corrected chi connectivity index (χ1v) is 6.38. The average molecular weight is 291 g/mol. The third kappa shape index (κ3) is 2.76. The summed E-state index contributed by atoms with van der Waals surface area (Å²) in [5.74, 6) is 0. The van der Waals surface area contributed by atoms with E-state index < -0.39 is 6.10 Å². The van der Waals surface area contributed by atoms with Crippen molar-refractivity contribution in [3.63, 3.8) is 0 Å². The molecule has 0 saturated heterocycles. The lowest BCUT2D eigenvalue weighted by molar-refractivity contribution is 0.220. The topological polar surface area (TPSA) is 20.2 Å². The lowest BCUT2D eigenvalue weighted by Gasteiger charge is -2.13. The minimum absolute atomic E-state index is 0.563. The molecule has 0 amide bonds. The number of benzene rings is 2. The summed E-state index contributed by atoms with van der Waals surface area (Å²) in [5.41, 5.74) is 4.17. The second-order valence-corrected chi connectivity index (χ2v) is 5.18. The first kappa shape index (κ1) is 12.3. The normalized spacial score (nSPS) is 12.5. The van der Waals surface area contributed by atoms with Crippen molar-refractivity contribution in [2.45, 2.75) is 20.0 Å². The van der Waals surface area contributed by atoms with E-state index in [2.05, 4.69) is 15.9 Å². The summed E-state index contributed by atoms with van der Waals surface area (Å²) in [5, 5.41) is 10.3. The second-order valence-electron chi connectivity index (χ2n) is 4.33. The highest BCUT2D eigenvalue weighted by Gasteiger charge is 2.11. The van der Waals surface area contributed by atoms with Gasteiger partial charge in [0.15, 0.2) is 0 Å². The number of halogens is 1. The Morgan fingerprint density at radius 3 is 2.35 bits per heavy atom. The monoisotopic (exact) mass is 290 g/mol. The molecule has 1 atom stereocenters. The molecule has 0 spiro atoms. The predicted molar refractivity (Wildman–Crippen MR) is 74.1 cm³/mol. The SMILES string of the molecule is Cc1cccc(C(O)c2ccc(C)c(Br)c2)c1. The van der Waals surface area contributed by atoms with Crippen LogP contribution in [-0.4, -0.2) is 5.11 Å². The predicted octanol–water partition coefficient (Wildman–Crippen LogP) is 4.15. The largest absolute Gasteiger partial charge is 0.384 e. The van der Waals surface area contributed by atoms with E-state index >= 15 is 0 Å². The third-order valence-electron chi connectivity index (χ3n) is 2.87. The standard InChI is InChI=1S/C15H15BrO/c1-10-4-3-5-12(8-10)15(17)13-7-6-11(2)14(16)9-13/h3-9,15,17H,1-2H3. The van der Waals surface area contributed by atoms with Crippen LogP contribution in [0.3, 0.4) is 0 Å². The van der Waals surface area contributed by atoms with Crippen LogP contribution in [0.4, 0.5) is 0 Å². The summed E-state index contributed by atoms with van der Waals surface area (Å²) >= 11 is 3.49. The zero-order valence-corrected chi connectivity index (χ0v) is 11.5. The molecular formula is C15H15BrO. The molecule has 0 aliphatic heterocycles. The molecule has 88 valence electrons. The van der Waals surface area contributed by atoms with Gasteiger partial charge in [0.05, 0.1) is 0 Å². The lowest BCUT2D eigenvalue weighted by atomic mass is 9.99. The van der Waals surface area contributed by atoms with Gasteiger partial charge < -0.3 is 5.11 Å². The van der Waals surface area contributed by atoms with Gasteiger partial charge in [-0.15, -0.1) is 0 Å². The molecule has 0 aliphatic rings. The summed E-state index contributed by atoms with van der Waals surface area (Å²) in [6.07, 6.45) is -0.563. The summed E-state index contributed by atoms with van der Waals surface area (Å²) in [6, 6.07) is 13.9. The Balaban J connectivity index is 2.36. The maximum atomic E-state index is 10.3. The van der Waals surface area contributed by atoms with Gasteiger partial charge in [-0.1, -0.05) is 57.9 Å². The first-order valence-electron chi connectivity index (χ1n) is 5.58. The molecule has 0 bridgehead atoms. The number of aliphatic hydroxyl groups excluding tert-OH is 1. The van der Waals surface area contributed by atoms with Crippen molar-refractivity contribution in [2.75, 3.05) is 0 Å². The van der Waals surface area contributed by atoms with Crippen LogP contribution in [0.2, 0.25) is 0 Å².